The van der Waals surface area contributed by atoms with Crippen LogP contribution in [0.2, 0.25) is 5.02 Å². The van der Waals surface area contributed by atoms with E-state index in [4.69, 9.17) is 16.3 Å². The number of H-pyrrole nitrogens is 1. The van der Waals surface area contributed by atoms with Gasteiger partial charge in [-0.25, -0.2) is 14.5 Å². The van der Waals surface area contributed by atoms with E-state index in [1.54, 1.807) is 29.2 Å². The van der Waals surface area contributed by atoms with Crippen molar-refractivity contribution >= 4 is 39.5 Å². The highest BCUT2D eigenvalue weighted by Crippen LogP contribution is 2.33. The summed E-state index contributed by atoms with van der Waals surface area (Å²) in [6, 6.07) is 9.51. The number of imidazole rings is 1. The molecule has 13 heteroatoms. The van der Waals surface area contributed by atoms with Crippen molar-refractivity contribution in [1.29, 1.82) is 0 Å². The molecule has 1 atom stereocenters. The van der Waals surface area contributed by atoms with Crippen LogP contribution in [-0.2, 0) is 17.7 Å². The third-order valence-corrected chi connectivity index (χ3v) is 6.75. The first-order valence-corrected chi connectivity index (χ1v) is 13.0. The Morgan fingerprint density at radius 2 is 1.90 bits per heavy atom. The standard InChI is InChI=1S/C27H27ClF3N5O4/c1-26(2,3)40-25(38)35-9-8-15(13-35)14-36-24(37)17-7-5-4-6-16(17)19(34-36)12-23-32-20-10-18(28)22(11-21(20)33-23)39-27(29,30)31/h4-7,10-11,15H,8-9,12-14H2,1-3H3,(H,32,33). The lowest BCUT2D eigenvalue weighted by molar-refractivity contribution is -0.274. The van der Waals surface area contributed by atoms with Crippen molar-refractivity contribution in [3.8, 4) is 5.75 Å². The van der Waals surface area contributed by atoms with Gasteiger partial charge in [0.15, 0.2) is 0 Å². The number of carbonyl (C=O) groups excluding carboxylic acids is 1. The molecule has 0 radical (unpaired) electrons. The fourth-order valence-electron chi connectivity index (χ4n) is 4.79. The second-order valence-corrected chi connectivity index (χ2v) is 11.2. The molecule has 4 aromatic rings. The van der Waals surface area contributed by atoms with E-state index >= 15 is 0 Å². The van der Waals surface area contributed by atoms with Gasteiger partial charge in [-0.15, -0.1) is 13.2 Å². The number of carbonyl (C=O) groups is 1. The monoisotopic (exact) mass is 577 g/mol. The zero-order valence-electron chi connectivity index (χ0n) is 22.0. The molecule has 1 saturated heterocycles. The van der Waals surface area contributed by atoms with Crippen molar-refractivity contribution in [3.05, 3.63) is 63.3 Å². The van der Waals surface area contributed by atoms with E-state index < -0.39 is 17.7 Å². The summed E-state index contributed by atoms with van der Waals surface area (Å²) in [6.45, 7) is 6.71. The lowest BCUT2D eigenvalue weighted by Crippen LogP contribution is -2.36. The Kier molecular flexibility index (Phi) is 7.15. The summed E-state index contributed by atoms with van der Waals surface area (Å²) in [6.07, 6.45) is -4.40. The SMILES string of the molecule is CC(C)(C)OC(=O)N1CCC(Cn2nc(Cc3nc4cc(OC(F)(F)F)c(Cl)cc4[nH]3)c3ccccc3c2=O)C1. The van der Waals surface area contributed by atoms with Gasteiger partial charge in [-0.1, -0.05) is 29.8 Å². The Hall–Kier alpha value is -3.80. The molecule has 5 rings (SSSR count). The number of aromatic amines is 1. The first-order chi connectivity index (χ1) is 18.8. The number of hydrogen-bond donors (Lipinski definition) is 1. The highest BCUT2D eigenvalue weighted by Gasteiger charge is 2.33. The molecule has 0 bridgehead atoms. The Morgan fingerprint density at radius 3 is 2.60 bits per heavy atom. The minimum absolute atomic E-state index is 0.00660. The molecule has 1 amide bonds. The van der Waals surface area contributed by atoms with Gasteiger partial charge in [-0.2, -0.15) is 5.10 Å². The Balaban J connectivity index is 1.42. The molecule has 1 N–H and O–H groups in total. The minimum Gasteiger partial charge on any atom is -0.444 e. The molecule has 2 aromatic heterocycles. The average molecular weight is 578 g/mol. The maximum atomic E-state index is 13.3. The molecule has 40 heavy (non-hydrogen) atoms. The maximum absolute atomic E-state index is 13.3. The van der Waals surface area contributed by atoms with Crippen molar-refractivity contribution in [2.75, 3.05) is 13.1 Å². The van der Waals surface area contributed by atoms with Gasteiger partial charge in [0, 0.05) is 31.1 Å². The van der Waals surface area contributed by atoms with Gasteiger partial charge in [0.2, 0.25) is 0 Å². The predicted molar refractivity (Wildman–Crippen MR) is 143 cm³/mol. The molecule has 9 nitrogen and oxygen atoms in total. The number of amides is 1. The lowest BCUT2D eigenvalue weighted by atomic mass is 10.1. The number of alkyl halides is 3. The fourth-order valence-corrected chi connectivity index (χ4v) is 4.99. The summed E-state index contributed by atoms with van der Waals surface area (Å²) >= 11 is 5.98. The van der Waals surface area contributed by atoms with E-state index in [2.05, 4.69) is 19.8 Å². The number of ether oxygens (including phenoxy) is 2. The smallest absolute Gasteiger partial charge is 0.444 e. The zero-order chi connectivity index (χ0) is 28.8. The van der Waals surface area contributed by atoms with Crippen LogP contribution in [-0.4, -0.2) is 55.8 Å². The summed E-state index contributed by atoms with van der Waals surface area (Å²) in [7, 11) is 0. The van der Waals surface area contributed by atoms with Gasteiger partial charge in [-0.05, 0) is 45.2 Å². The summed E-state index contributed by atoms with van der Waals surface area (Å²) in [4.78, 5) is 34.9. The molecule has 2 aromatic carbocycles. The van der Waals surface area contributed by atoms with Crippen LogP contribution in [0.1, 0.15) is 38.7 Å². The molecule has 1 aliphatic heterocycles. The topological polar surface area (TPSA) is 102 Å². The molecule has 3 heterocycles. The Bertz CT molecular complexity index is 1640. The molecule has 1 aliphatic rings. The van der Waals surface area contributed by atoms with Gasteiger partial charge in [0.1, 0.15) is 17.2 Å². The number of nitrogens with zero attached hydrogens (tertiary/aromatic N) is 4. The molecular weight excluding hydrogens is 551 g/mol. The van der Waals surface area contributed by atoms with Crippen molar-refractivity contribution < 1.29 is 27.4 Å². The van der Waals surface area contributed by atoms with Gasteiger partial charge in [0.25, 0.3) is 5.56 Å². The number of nitrogens with one attached hydrogen (secondary N) is 1. The van der Waals surface area contributed by atoms with E-state index in [0.717, 1.165) is 6.07 Å². The van der Waals surface area contributed by atoms with Crippen LogP contribution in [0.4, 0.5) is 18.0 Å². The second kappa shape index (κ2) is 10.3. The number of hydrogen-bond acceptors (Lipinski definition) is 6. The van der Waals surface area contributed by atoms with Gasteiger partial charge >= 0.3 is 12.5 Å². The molecule has 0 saturated carbocycles. The lowest BCUT2D eigenvalue weighted by Gasteiger charge is -2.24. The van der Waals surface area contributed by atoms with Crippen LogP contribution in [0.15, 0.2) is 41.2 Å². The van der Waals surface area contributed by atoms with E-state index in [0.29, 0.717) is 53.9 Å². The number of benzene rings is 2. The summed E-state index contributed by atoms with van der Waals surface area (Å²) in [5.74, 6) is -0.115. The van der Waals surface area contributed by atoms with Crippen molar-refractivity contribution in [1.82, 2.24) is 24.6 Å². The van der Waals surface area contributed by atoms with Gasteiger partial charge in [-0.3, -0.25) is 4.79 Å². The summed E-state index contributed by atoms with van der Waals surface area (Å²) in [5.41, 5.74) is 0.384. The average Bonchev–Trinajstić information content (AvgIpc) is 3.47. The third kappa shape index (κ3) is 6.16. The normalized spacial score (nSPS) is 16.2. The molecule has 212 valence electrons. The van der Waals surface area contributed by atoms with E-state index in [1.165, 1.54) is 10.7 Å². The molecule has 1 unspecified atom stereocenters. The van der Waals surface area contributed by atoms with Crippen molar-refractivity contribution in [2.24, 2.45) is 5.92 Å². The van der Waals surface area contributed by atoms with Crippen LogP contribution in [0.3, 0.4) is 0 Å². The predicted octanol–water partition coefficient (Wildman–Crippen LogP) is 5.67. The van der Waals surface area contributed by atoms with Gasteiger partial charge in [0.05, 0.1) is 33.6 Å². The minimum atomic E-state index is -4.89. The third-order valence-electron chi connectivity index (χ3n) is 6.46. The largest absolute Gasteiger partial charge is 0.573 e. The van der Waals surface area contributed by atoms with Crippen LogP contribution in [0.25, 0.3) is 21.8 Å². The summed E-state index contributed by atoms with van der Waals surface area (Å²) < 4.78 is 49.1. The van der Waals surface area contributed by atoms with E-state index in [9.17, 15) is 22.8 Å². The van der Waals surface area contributed by atoms with Crippen molar-refractivity contribution in [2.45, 2.75) is 52.1 Å². The second-order valence-electron chi connectivity index (χ2n) is 10.8. The number of aromatic nitrogens is 4. The molecule has 0 aliphatic carbocycles. The van der Waals surface area contributed by atoms with Crippen LogP contribution in [0, 0.1) is 5.92 Å². The molecule has 1 fully saturated rings. The highest BCUT2D eigenvalue weighted by atomic mass is 35.5. The van der Waals surface area contributed by atoms with Crippen LogP contribution >= 0.6 is 11.6 Å². The Labute approximate surface area is 231 Å². The number of fused-ring (bicyclic) bond motifs is 2. The van der Waals surface area contributed by atoms with Crippen LogP contribution in [0.5, 0.6) is 5.75 Å². The molecule has 0 spiro atoms. The molecular formula is C27H27ClF3N5O4. The number of likely N-dealkylation sites (tertiary alicyclic amines) is 1. The van der Waals surface area contributed by atoms with E-state index in [-0.39, 0.29) is 34.5 Å². The van der Waals surface area contributed by atoms with Crippen LogP contribution < -0.4 is 10.3 Å². The summed E-state index contributed by atoms with van der Waals surface area (Å²) in [5, 5.41) is 5.56. The Morgan fingerprint density at radius 1 is 1.18 bits per heavy atom. The van der Waals surface area contributed by atoms with Crippen molar-refractivity contribution in [3.63, 3.8) is 0 Å². The first-order valence-electron chi connectivity index (χ1n) is 12.7. The van der Waals surface area contributed by atoms with E-state index in [1.807, 2.05) is 20.8 Å². The first kappa shape index (κ1) is 27.8. The number of rotatable bonds is 5. The zero-order valence-corrected chi connectivity index (χ0v) is 22.8. The fraction of sp³-hybridized carbons (Fsp3) is 0.407. The van der Waals surface area contributed by atoms with Gasteiger partial charge < -0.3 is 19.4 Å². The maximum Gasteiger partial charge on any atom is 0.573 e. The quantitative estimate of drug-likeness (QED) is 0.328. The highest BCUT2D eigenvalue weighted by molar-refractivity contribution is 6.32. The number of halogens is 4.